The summed E-state index contributed by atoms with van der Waals surface area (Å²) in [6, 6.07) is 9.67. The van der Waals surface area contributed by atoms with Crippen LogP contribution in [-0.2, 0) is 0 Å². The summed E-state index contributed by atoms with van der Waals surface area (Å²) < 4.78 is 7.18. The number of nitrogens with zero attached hydrogens (tertiary/aromatic N) is 3. The lowest BCUT2D eigenvalue weighted by molar-refractivity contribution is 0.412. The van der Waals surface area contributed by atoms with Crippen LogP contribution in [0.3, 0.4) is 0 Å². The average molecular weight is 225 g/mol. The molecule has 3 rings (SSSR count). The second-order valence-corrected chi connectivity index (χ2v) is 3.64. The number of ether oxygens (including phenoxy) is 1. The molecule has 2 heterocycles. The van der Waals surface area contributed by atoms with Crippen molar-refractivity contribution in [2.24, 2.45) is 0 Å². The monoisotopic (exact) mass is 225 g/mol. The fraction of sp³-hybridized carbons (Fsp3) is 0.0769. The second kappa shape index (κ2) is 3.90. The van der Waals surface area contributed by atoms with Gasteiger partial charge in [0.15, 0.2) is 0 Å². The lowest BCUT2D eigenvalue weighted by Gasteiger charge is -2.11. The largest absolute Gasteiger partial charge is 0.494 e. The highest BCUT2D eigenvalue weighted by molar-refractivity contribution is 5.89. The van der Waals surface area contributed by atoms with Crippen molar-refractivity contribution in [3.8, 4) is 11.4 Å². The minimum absolute atomic E-state index is 0.786. The molecular formula is C13H11N3O. The zero-order chi connectivity index (χ0) is 11.7. The van der Waals surface area contributed by atoms with E-state index in [9.17, 15) is 0 Å². The van der Waals surface area contributed by atoms with Gasteiger partial charge in [0.25, 0.3) is 0 Å². The minimum Gasteiger partial charge on any atom is -0.494 e. The van der Waals surface area contributed by atoms with E-state index >= 15 is 0 Å². The van der Waals surface area contributed by atoms with Crippen molar-refractivity contribution in [3.05, 3.63) is 48.9 Å². The molecule has 0 saturated carbocycles. The van der Waals surface area contributed by atoms with Crippen LogP contribution in [-0.4, -0.2) is 21.9 Å². The van der Waals surface area contributed by atoms with Gasteiger partial charge in [-0.05, 0) is 30.3 Å². The van der Waals surface area contributed by atoms with Gasteiger partial charge in [-0.1, -0.05) is 0 Å². The van der Waals surface area contributed by atoms with Crippen molar-refractivity contribution in [1.82, 2.24) is 14.8 Å². The predicted molar refractivity (Wildman–Crippen MR) is 65.4 cm³/mol. The molecule has 3 aromatic rings. The Morgan fingerprint density at radius 1 is 1.12 bits per heavy atom. The van der Waals surface area contributed by atoms with E-state index in [1.54, 1.807) is 24.2 Å². The van der Waals surface area contributed by atoms with E-state index in [0.29, 0.717) is 0 Å². The maximum atomic E-state index is 5.39. The van der Waals surface area contributed by atoms with E-state index in [2.05, 4.69) is 10.1 Å². The highest BCUT2D eigenvalue weighted by atomic mass is 16.5. The van der Waals surface area contributed by atoms with Gasteiger partial charge in [-0.15, -0.1) is 0 Å². The molecule has 0 N–H and O–H groups in total. The summed E-state index contributed by atoms with van der Waals surface area (Å²) in [4.78, 5) is 4.33. The first-order chi connectivity index (χ1) is 8.40. The van der Waals surface area contributed by atoms with Crippen molar-refractivity contribution in [2.45, 2.75) is 0 Å². The van der Waals surface area contributed by atoms with E-state index in [4.69, 9.17) is 4.74 Å². The Labute approximate surface area is 98.5 Å². The first kappa shape index (κ1) is 9.84. The smallest absolute Gasteiger partial charge is 0.145 e. The molecule has 0 aliphatic rings. The van der Waals surface area contributed by atoms with Crippen molar-refractivity contribution < 1.29 is 4.74 Å². The summed E-state index contributed by atoms with van der Waals surface area (Å²) in [5, 5.41) is 5.28. The minimum atomic E-state index is 0.786. The zero-order valence-electron chi connectivity index (χ0n) is 9.37. The maximum absolute atomic E-state index is 5.39. The van der Waals surface area contributed by atoms with Crippen molar-refractivity contribution in [2.75, 3.05) is 7.11 Å². The molecular weight excluding hydrogens is 214 g/mol. The van der Waals surface area contributed by atoms with Crippen LogP contribution in [0.5, 0.6) is 5.75 Å². The molecule has 0 atom stereocenters. The van der Waals surface area contributed by atoms with Gasteiger partial charge >= 0.3 is 0 Å². The summed E-state index contributed by atoms with van der Waals surface area (Å²) in [7, 11) is 1.66. The molecule has 0 spiro atoms. The van der Waals surface area contributed by atoms with Crippen LogP contribution in [0.4, 0.5) is 0 Å². The molecule has 2 aromatic heterocycles. The Balaban J connectivity index is 2.39. The number of methoxy groups -OCH3 is 1. The Bertz CT molecular complexity index is 647. The number of rotatable bonds is 2. The number of benzene rings is 1. The maximum Gasteiger partial charge on any atom is 0.145 e. The lowest BCUT2D eigenvalue weighted by atomic mass is 10.1. The van der Waals surface area contributed by atoms with Gasteiger partial charge in [-0.25, -0.2) is 4.68 Å². The van der Waals surface area contributed by atoms with E-state index in [0.717, 1.165) is 22.3 Å². The van der Waals surface area contributed by atoms with Crippen LogP contribution >= 0.6 is 0 Å². The molecule has 4 heteroatoms. The second-order valence-electron chi connectivity index (χ2n) is 3.64. The van der Waals surface area contributed by atoms with Gasteiger partial charge in [0.2, 0.25) is 0 Å². The number of aromatic nitrogens is 3. The topological polar surface area (TPSA) is 39.9 Å². The number of hydrogen-bond acceptors (Lipinski definition) is 3. The third-order valence-electron chi connectivity index (χ3n) is 2.67. The van der Waals surface area contributed by atoms with Gasteiger partial charge in [-0.3, -0.25) is 4.98 Å². The quantitative estimate of drug-likeness (QED) is 0.672. The summed E-state index contributed by atoms with van der Waals surface area (Å²) in [5.41, 5.74) is 1.85. The molecule has 0 amide bonds. The molecule has 1 aromatic carbocycles. The summed E-state index contributed by atoms with van der Waals surface area (Å²) >= 11 is 0. The summed E-state index contributed by atoms with van der Waals surface area (Å²) in [6.07, 6.45) is 5.42. The molecule has 84 valence electrons. The Morgan fingerprint density at radius 2 is 2.06 bits per heavy atom. The Hall–Kier alpha value is -2.36. The number of fused-ring (bicyclic) bond motifs is 1. The lowest BCUT2D eigenvalue weighted by Crippen LogP contribution is -2.00. The van der Waals surface area contributed by atoms with Gasteiger partial charge in [-0.2, -0.15) is 5.10 Å². The van der Waals surface area contributed by atoms with Gasteiger partial charge in [0.1, 0.15) is 11.4 Å². The number of hydrogen-bond donors (Lipinski definition) is 0. The predicted octanol–water partition coefficient (Wildman–Crippen LogP) is 2.43. The first-order valence-corrected chi connectivity index (χ1v) is 5.32. The van der Waals surface area contributed by atoms with Crippen LogP contribution in [0.1, 0.15) is 0 Å². The van der Waals surface area contributed by atoms with Crippen molar-refractivity contribution >= 4 is 10.9 Å². The van der Waals surface area contributed by atoms with Crippen molar-refractivity contribution in [3.63, 3.8) is 0 Å². The van der Waals surface area contributed by atoms with Crippen molar-refractivity contribution in [1.29, 1.82) is 0 Å². The van der Waals surface area contributed by atoms with Crippen LogP contribution < -0.4 is 4.74 Å². The third kappa shape index (κ3) is 1.54. The molecule has 0 fully saturated rings. The van der Waals surface area contributed by atoms with Crippen LogP contribution in [0, 0.1) is 0 Å². The normalized spacial score (nSPS) is 10.6. The highest BCUT2D eigenvalue weighted by Crippen LogP contribution is 2.29. The molecule has 0 saturated heterocycles. The van der Waals surface area contributed by atoms with E-state index in [1.165, 1.54) is 0 Å². The van der Waals surface area contributed by atoms with Crippen LogP contribution in [0.2, 0.25) is 0 Å². The fourth-order valence-electron chi connectivity index (χ4n) is 1.92. The molecule has 0 aliphatic carbocycles. The van der Waals surface area contributed by atoms with E-state index in [-0.39, 0.29) is 0 Å². The zero-order valence-corrected chi connectivity index (χ0v) is 9.37. The van der Waals surface area contributed by atoms with Gasteiger partial charge in [0.05, 0.1) is 12.6 Å². The van der Waals surface area contributed by atoms with Crippen LogP contribution in [0.15, 0.2) is 48.9 Å². The molecule has 0 unspecified atom stereocenters. The average Bonchev–Trinajstić information content (AvgIpc) is 2.91. The highest BCUT2D eigenvalue weighted by Gasteiger charge is 2.10. The van der Waals surface area contributed by atoms with Gasteiger partial charge < -0.3 is 4.74 Å². The summed E-state index contributed by atoms with van der Waals surface area (Å²) in [6.45, 7) is 0. The van der Waals surface area contributed by atoms with Crippen LogP contribution in [0.25, 0.3) is 16.6 Å². The molecule has 0 bridgehead atoms. The fourth-order valence-corrected chi connectivity index (χ4v) is 1.92. The Morgan fingerprint density at radius 3 is 2.82 bits per heavy atom. The van der Waals surface area contributed by atoms with Gasteiger partial charge in [0, 0.05) is 24.0 Å². The standard InChI is InChI=1S/C13H11N3O/c1-17-12-6-5-11-10(4-2-7-14-11)13(12)16-9-3-8-15-16/h2-9H,1H3. The van der Waals surface area contributed by atoms with E-state index < -0.39 is 0 Å². The SMILES string of the molecule is COc1ccc2ncccc2c1-n1cccn1. The third-order valence-corrected chi connectivity index (χ3v) is 2.67. The molecule has 0 aliphatic heterocycles. The van der Waals surface area contributed by atoms with E-state index in [1.807, 2.05) is 36.5 Å². The summed E-state index contributed by atoms with van der Waals surface area (Å²) in [5.74, 6) is 0.786. The first-order valence-electron chi connectivity index (χ1n) is 5.32. The molecule has 17 heavy (non-hydrogen) atoms. The number of pyridine rings is 1. The Kier molecular flexibility index (Phi) is 2.26. The molecule has 4 nitrogen and oxygen atoms in total. The molecule has 0 radical (unpaired) electrons.